The fourth-order valence-electron chi connectivity index (χ4n) is 2.65. The first kappa shape index (κ1) is 13.2. The van der Waals surface area contributed by atoms with Crippen LogP contribution < -0.4 is 0 Å². The molecule has 0 saturated heterocycles. The Hall–Kier alpha value is -1.25. The summed E-state index contributed by atoms with van der Waals surface area (Å²) in [6.45, 7) is 2.68. The van der Waals surface area contributed by atoms with Gasteiger partial charge < -0.3 is 9.47 Å². The van der Waals surface area contributed by atoms with Crippen LogP contribution in [0.1, 0.15) is 51.9 Å². The molecule has 0 aromatic heterocycles. The van der Waals surface area contributed by atoms with Crippen molar-refractivity contribution < 1.29 is 14.3 Å². The summed E-state index contributed by atoms with van der Waals surface area (Å²) in [5, 5.41) is 0. The van der Waals surface area contributed by atoms with Crippen LogP contribution >= 0.6 is 0 Å². The van der Waals surface area contributed by atoms with Gasteiger partial charge in [-0.2, -0.15) is 0 Å². The molecule has 100 valence electrons. The van der Waals surface area contributed by atoms with Crippen molar-refractivity contribution >= 4 is 5.97 Å². The van der Waals surface area contributed by atoms with Gasteiger partial charge in [-0.25, -0.2) is 4.79 Å². The Balaban J connectivity index is 1.92. The fourth-order valence-corrected chi connectivity index (χ4v) is 2.65. The molecule has 3 nitrogen and oxygen atoms in total. The molecule has 1 saturated carbocycles. The number of hydrogen-bond acceptors (Lipinski definition) is 3. The predicted molar refractivity (Wildman–Crippen MR) is 70.0 cm³/mol. The molecule has 2 rings (SSSR count). The van der Waals surface area contributed by atoms with E-state index in [-0.39, 0.29) is 5.97 Å². The first-order chi connectivity index (χ1) is 8.77. The van der Waals surface area contributed by atoms with Gasteiger partial charge in [0.2, 0.25) is 0 Å². The maximum Gasteiger partial charge on any atom is 0.335 e. The van der Waals surface area contributed by atoms with E-state index in [9.17, 15) is 4.79 Å². The number of allylic oxidation sites excluding steroid dienone is 1. The summed E-state index contributed by atoms with van der Waals surface area (Å²) < 4.78 is 11.2. The number of carbonyl (C=O) groups excluding carboxylic acids is 1. The number of unbranched alkanes of at least 4 members (excludes halogenated alkanes) is 1. The molecule has 0 radical (unpaired) electrons. The van der Waals surface area contributed by atoms with Crippen LogP contribution in [0.4, 0.5) is 0 Å². The third-order valence-corrected chi connectivity index (χ3v) is 3.61. The molecular weight excluding hydrogens is 228 g/mol. The molecular formula is C15H22O3. The fraction of sp³-hybridized carbons (Fsp3) is 0.667. The first-order valence-corrected chi connectivity index (χ1v) is 7.00. The van der Waals surface area contributed by atoms with Crippen LogP contribution in [0.2, 0.25) is 0 Å². The Morgan fingerprint density at radius 2 is 2.11 bits per heavy atom. The highest BCUT2D eigenvalue weighted by Gasteiger charge is 2.45. The summed E-state index contributed by atoms with van der Waals surface area (Å²) in [6, 6.07) is 0. The minimum atomic E-state index is -0.437. The number of ether oxygens (including phenoxy) is 2. The van der Waals surface area contributed by atoms with Crippen molar-refractivity contribution in [3.05, 3.63) is 24.0 Å². The van der Waals surface area contributed by atoms with Crippen molar-refractivity contribution in [2.24, 2.45) is 0 Å². The van der Waals surface area contributed by atoms with Crippen LogP contribution in [0, 0.1) is 0 Å². The van der Waals surface area contributed by atoms with Gasteiger partial charge in [0.05, 0.1) is 6.08 Å². The van der Waals surface area contributed by atoms with E-state index in [4.69, 9.17) is 9.47 Å². The monoisotopic (exact) mass is 250 g/mol. The highest BCUT2D eigenvalue weighted by molar-refractivity contribution is 5.86. The molecule has 1 aliphatic heterocycles. The van der Waals surface area contributed by atoms with Gasteiger partial charge in [0.1, 0.15) is 12.4 Å². The standard InChI is InChI=1S/C15H22O3/c1-2-3-4-8-11-17-13-12-14(16)18-15(13)9-6-5-7-10-15/h4,8,12H,2-3,5-7,9-11H2,1H3/b8-4+. The van der Waals surface area contributed by atoms with E-state index in [1.54, 1.807) is 0 Å². The topological polar surface area (TPSA) is 35.5 Å². The predicted octanol–water partition coefficient (Wildman–Crippen LogP) is 3.50. The van der Waals surface area contributed by atoms with Crippen LogP contribution in [-0.2, 0) is 14.3 Å². The number of esters is 1. The lowest BCUT2D eigenvalue weighted by Crippen LogP contribution is -2.35. The van der Waals surface area contributed by atoms with Gasteiger partial charge in [0.15, 0.2) is 5.60 Å². The SMILES string of the molecule is CCC/C=C/COC1=CC(=O)OC12CCCCC2. The second-order valence-electron chi connectivity index (χ2n) is 5.06. The van der Waals surface area contributed by atoms with Crippen LogP contribution in [0.25, 0.3) is 0 Å². The van der Waals surface area contributed by atoms with Crippen LogP contribution in [0.15, 0.2) is 24.0 Å². The van der Waals surface area contributed by atoms with Crippen molar-refractivity contribution in [3.63, 3.8) is 0 Å². The Kier molecular flexibility index (Phi) is 4.45. The quantitative estimate of drug-likeness (QED) is 0.553. The third-order valence-electron chi connectivity index (χ3n) is 3.61. The van der Waals surface area contributed by atoms with Crippen molar-refractivity contribution in [1.29, 1.82) is 0 Å². The molecule has 0 aromatic rings. The van der Waals surface area contributed by atoms with Gasteiger partial charge in [0, 0.05) is 0 Å². The lowest BCUT2D eigenvalue weighted by Gasteiger charge is -2.33. The number of hydrogen-bond donors (Lipinski definition) is 0. The molecule has 3 heteroatoms. The summed E-state index contributed by atoms with van der Waals surface area (Å²) >= 11 is 0. The minimum Gasteiger partial charge on any atom is -0.489 e. The zero-order valence-electron chi connectivity index (χ0n) is 11.1. The van der Waals surface area contributed by atoms with E-state index in [0.717, 1.165) is 44.3 Å². The highest BCUT2D eigenvalue weighted by atomic mass is 16.6. The largest absolute Gasteiger partial charge is 0.489 e. The van der Waals surface area contributed by atoms with Crippen LogP contribution in [0.3, 0.4) is 0 Å². The van der Waals surface area contributed by atoms with Crippen molar-refractivity contribution in [3.8, 4) is 0 Å². The van der Waals surface area contributed by atoms with Gasteiger partial charge in [-0.15, -0.1) is 0 Å². The van der Waals surface area contributed by atoms with Crippen molar-refractivity contribution in [2.45, 2.75) is 57.5 Å². The third kappa shape index (κ3) is 2.95. The maximum absolute atomic E-state index is 11.5. The molecule has 1 fully saturated rings. The van der Waals surface area contributed by atoms with E-state index in [2.05, 4.69) is 13.0 Å². The number of carbonyl (C=O) groups is 1. The lowest BCUT2D eigenvalue weighted by atomic mass is 9.84. The molecule has 0 amide bonds. The maximum atomic E-state index is 11.5. The van der Waals surface area contributed by atoms with Gasteiger partial charge in [-0.1, -0.05) is 31.9 Å². The van der Waals surface area contributed by atoms with Crippen molar-refractivity contribution in [1.82, 2.24) is 0 Å². The molecule has 0 bridgehead atoms. The molecule has 1 spiro atoms. The van der Waals surface area contributed by atoms with Gasteiger partial charge >= 0.3 is 5.97 Å². The molecule has 0 aromatic carbocycles. The Morgan fingerprint density at radius 3 is 2.83 bits per heavy atom. The van der Waals surface area contributed by atoms with Crippen LogP contribution in [-0.4, -0.2) is 18.2 Å². The molecule has 0 N–H and O–H groups in total. The Labute approximate surface area is 109 Å². The molecule has 1 aliphatic carbocycles. The Bertz CT molecular complexity index is 349. The Morgan fingerprint density at radius 1 is 1.33 bits per heavy atom. The zero-order valence-corrected chi connectivity index (χ0v) is 11.1. The van der Waals surface area contributed by atoms with E-state index >= 15 is 0 Å². The van der Waals surface area contributed by atoms with Crippen molar-refractivity contribution in [2.75, 3.05) is 6.61 Å². The van der Waals surface area contributed by atoms with E-state index in [0.29, 0.717) is 6.61 Å². The summed E-state index contributed by atoms with van der Waals surface area (Å²) in [6.07, 6.45) is 13.1. The normalized spacial score (nSPS) is 22.3. The average molecular weight is 250 g/mol. The van der Waals surface area contributed by atoms with E-state index < -0.39 is 5.60 Å². The smallest absolute Gasteiger partial charge is 0.335 e. The zero-order chi connectivity index (χ0) is 12.8. The van der Waals surface area contributed by atoms with E-state index in [1.165, 1.54) is 12.5 Å². The van der Waals surface area contributed by atoms with Gasteiger partial charge in [0.25, 0.3) is 0 Å². The molecule has 18 heavy (non-hydrogen) atoms. The lowest BCUT2D eigenvalue weighted by molar-refractivity contribution is -0.150. The molecule has 0 atom stereocenters. The highest BCUT2D eigenvalue weighted by Crippen LogP contribution is 2.41. The average Bonchev–Trinajstić information content (AvgIpc) is 2.66. The summed E-state index contributed by atoms with van der Waals surface area (Å²) in [4.78, 5) is 11.5. The molecule has 0 unspecified atom stereocenters. The summed E-state index contributed by atoms with van der Waals surface area (Å²) in [5.74, 6) is 0.498. The first-order valence-electron chi connectivity index (χ1n) is 7.00. The summed E-state index contributed by atoms with van der Waals surface area (Å²) in [5.41, 5.74) is -0.437. The van der Waals surface area contributed by atoms with E-state index in [1.807, 2.05) is 6.08 Å². The molecule has 2 aliphatic rings. The minimum absolute atomic E-state index is 0.246. The second-order valence-corrected chi connectivity index (χ2v) is 5.06. The van der Waals surface area contributed by atoms with Gasteiger partial charge in [-0.3, -0.25) is 0 Å². The number of rotatable bonds is 5. The van der Waals surface area contributed by atoms with Crippen LogP contribution in [0.5, 0.6) is 0 Å². The summed E-state index contributed by atoms with van der Waals surface area (Å²) in [7, 11) is 0. The molecule has 1 heterocycles. The second kappa shape index (κ2) is 6.07. The van der Waals surface area contributed by atoms with Gasteiger partial charge in [-0.05, 0) is 32.1 Å².